The highest BCUT2D eigenvalue weighted by atomic mass is 35.5. The van der Waals surface area contributed by atoms with Crippen molar-refractivity contribution >= 4 is 57.1 Å². The summed E-state index contributed by atoms with van der Waals surface area (Å²) < 4.78 is 20.4. The van der Waals surface area contributed by atoms with Crippen molar-refractivity contribution in [3.05, 3.63) is 76.1 Å². The molecule has 0 aliphatic carbocycles. The first-order valence-corrected chi connectivity index (χ1v) is 10.6. The third-order valence-electron chi connectivity index (χ3n) is 5.12. The number of aromatic nitrogens is 3. The number of fused-ring (bicyclic) bond motifs is 2. The Morgan fingerprint density at radius 1 is 1.31 bits per heavy atom. The lowest BCUT2D eigenvalue weighted by Gasteiger charge is -2.27. The Labute approximate surface area is 189 Å². The summed E-state index contributed by atoms with van der Waals surface area (Å²) >= 11 is 7.46. The van der Waals surface area contributed by atoms with E-state index in [-0.39, 0.29) is 34.5 Å². The summed E-state index contributed by atoms with van der Waals surface area (Å²) in [5, 5.41) is 6.32. The molecule has 11 heteroatoms. The van der Waals surface area contributed by atoms with Crippen LogP contribution in [-0.4, -0.2) is 32.0 Å². The van der Waals surface area contributed by atoms with Crippen LogP contribution in [0.4, 0.5) is 10.2 Å². The monoisotopic (exact) mass is 469 g/mol. The summed E-state index contributed by atoms with van der Waals surface area (Å²) in [7, 11) is 0. The molecule has 32 heavy (non-hydrogen) atoms. The van der Waals surface area contributed by atoms with Gasteiger partial charge >= 0.3 is 0 Å². The van der Waals surface area contributed by atoms with E-state index in [0.717, 1.165) is 4.70 Å². The Hall–Kier alpha value is -3.63. The highest BCUT2D eigenvalue weighted by Crippen LogP contribution is 2.36. The van der Waals surface area contributed by atoms with Gasteiger partial charge in [-0.3, -0.25) is 14.4 Å². The molecule has 0 fully saturated rings. The lowest BCUT2D eigenvalue weighted by atomic mass is 10.0. The summed E-state index contributed by atoms with van der Waals surface area (Å²) in [6.07, 6.45) is 0.486. The molecule has 3 heterocycles. The Balaban J connectivity index is 1.61. The van der Waals surface area contributed by atoms with Gasteiger partial charge in [0.15, 0.2) is 17.9 Å². The van der Waals surface area contributed by atoms with Crippen molar-refractivity contribution in [2.75, 3.05) is 5.32 Å². The molecular formula is C21H13ClFN5O3S. The van der Waals surface area contributed by atoms with Crippen LogP contribution in [0.2, 0.25) is 5.02 Å². The van der Waals surface area contributed by atoms with Gasteiger partial charge in [0.2, 0.25) is 5.91 Å². The molecule has 0 saturated carbocycles. The van der Waals surface area contributed by atoms with Crippen LogP contribution in [0.3, 0.4) is 0 Å². The first-order valence-electron chi connectivity index (χ1n) is 9.42. The number of carbonyl (C=O) groups excluding carboxylic acids is 3. The fourth-order valence-electron chi connectivity index (χ4n) is 3.72. The zero-order valence-electron chi connectivity index (χ0n) is 16.1. The number of halogens is 2. The van der Waals surface area contributed by atoms with Gasteiger partial charge in [-0.15, -0.1) is 0 Å². The van der Waals surface area contributed by atoms with E-state index < -0.39 is 23.7 Å². The van der Waals surface area contributed by atoms with Gasteiger partial charge in [0.25, 0.3) is 5.91 Å². The molecule has 1 atom stereocenters. The van der Waals surface area contributed by atoms with Crippen molar-refractivity contribution in [1.29, 1.82) is 0 Å². The minimum Gasteiger partial charge on any atom is -0.342 e. The zero-order valence-corrected chi connectivity index (χ0v) is 17.7. The minimum atomic E-state index is -0.928. The second kappa shape index (κ2) is 7.81. The summed E-state index contributed by atoms with van der Waals surface area (Å²) in [5.74, 6) is -1.48. The molecule has 1 aliphatic rings. The fourth-order valence-corrected chi connectivity index (χ4v) is 4.72. The minimum absolute atomic E-state index is 0.0502. The fraction of sp³-hybridized carbons (Fsp3) is 0.0952. The summed E-state index contributed by atoms with van der Waals surface area (Å²) in [5.41, 5.74) is 0.792. The van der Waals surface area contributed by atoms with Crippen LogP contribution in [0.5, 0.6) is 0 Å². The molecule has 5 rings (SSSR count). The average molecular weight is 470 g/mol. The molecule has 2 aromatic heterocycles. The lowest BCUT2D eigenvalue weighted by Crippen LogP contribution is -2.40. The maximum Gasteiger partial charge on any atom is 0.277 e. The number of hydrogen-bond donors (Lipinski definition) is 2. The van der Waals surface area contributed by atoms with Gasteiger partial charge in [-0.2, -0.15) is 4.37 Å². The van der Waals surface area contributed by atoms with E-state index in [1.807, 2.05) is 12.1 Å². The molecule has 0 saturated heterocycles. The Kier molecular flexibility index (Phi) is 4.95. The van der Waals surface area contributed by atoms with Crippen molar-refractivity contribution in [3.8, 4) is 0 Å². The van der Waals surface area contributed by atoms with Gasteiger partial charge in [0, 0.05) is 16.0 Å². The molecule has 0 bridgehead atoms. The average Bonchev–Trinajstić information content (AvgIpc) is 3.36. The third-order valence-corrected chi connectivity index (χ3v) is 6.29. The maximum atomic E-state index is 14.0. The van der Waals surface area contributed by atoms with E-state index in [9.17, 15) is 18.8 Å². The van der Waals surface area contributed by atoms with E-state index >= 15 is 0 Å². The lowest BCUT2D eigenvalue weighted by molar-refractivity contribution is -0.123. The zero-order chi connectivity index (χ0) is 22.4. The van der Waals surface area contributed by atoms with Crippen molar-refractivity contribution < 1.29 is 18.8 Å². The quantitative estimate of drug-likeness (QED) is 0.444. The van der Waals surface area contributed by atoms with Gasteiger partial charge in [-0.25, -0.2) is 9.37 Å². The molecule has 2 N–H and O–H groups in total. The van der Waals surface area contributed by atoms with Crippen LogP contribution >= 0.6 is 23.1 Å². The second-order valence-corrected chi connectivity index (χ2v) is 8.27. The predicted molar refractivity (Wildman–Crippen MR) is 117 cm³/mol. The highest BCUT2D eigenvalue weighted by molar-refractivity contribution is 7.13. The largest absolute Gasteiger partial charge is 0.342 e. The van der Waals surface area contributed by atoms with Gasteiger partial charge in [-0.05, 0) is 35.8 Å². The highest BCUT2D eigenvalue weighted by Gasteiger charge is 2.34. The van der Waals surface area contributed by atoms with Crippen LogP contribution in [0.1, 0.15) is 38.4 Å². The molecular weight excluding hydrogens is 457 g/mol. The van der Waals surface area contributed by atoms with Gasteiger partial charge in [0.1, 0.15) is 18.1 Å². The summed E-state index contributed by atoms with van der Waals surface area (Å²) in [6.45, 7) is -0.185. The van der Waals surface area contributed by atoms with Crippen molar-refractivity contribution in [2.45, 2.75) is 12.6 Å². The van der Waals surface area contributed by atoms with Gasteiger partial charge < -0.3 is 15.2 Å². The smallest absolute Gasteiger partial charge is 0.277 e. The predicted octanol–water partition coefficient (Wildman–Crippen LogP) is 3.57. The molecule has 0 spiro atoms. The maximum absolute atomic E-state index is 14.0. The molecule has 8 nitrogen and oxygen atoms in total. The number of nitrogens with zero attached hydrogens (tertiary/aromatic N) is 3. The SMILES string of the molecule is O=Cc1nc(NC(=O)c2nsc3ccccc23)c2n1CC(=O)NC2c1cc(F)ccc1Cl. The number of aldehydes is 1. The van der Waals surface area contributed by atoms with Crippen molar-refractivity contribution in [2.24, 2.45) is 0 Å². The Morgan fingerprint density at radius 2 is 2.12 bits per heavy atom. The number of nitrogens with one attached hydrogen (secondary N) is 2. The molecule has 160 valence electrons. The molecule has 1 aliphatic heterocycles. The van der Waals surface area contributed by atoms with E-state index in [0.29, 0.717) is 17.4 Å². The van der Waals surface area contributed by atoms with Crippen LogP contribution < -0.4 is 10.6 Å². The number of carbonyl (C=O) groups is 3. The molecule has 4 aromatic rings. The number of amides is 2. The normalized spacial score (nSPS) is 15.3. The summed E-state index contributed by atoms with van der Waals surface area (Å²) in [6, 6.07) is 10.1. The van der Waals surface area contributed by atoms with Crippen molar-refractivity contribution in [3.63, 3.8) is 0 Å². The first kappa shape index (κ1) is 20.3. The Morgan fingerprint density at radius 3 is 2.94 bits per heavy atom. The van der Waals surface area contributed by atoms with Gasteiger partial charge in [0.05, 0.1) is 16.4 Å². The van der Waals surface area contributed by atoms with Crippen molar-refractivity contribution in [1.82, 2.24) is 19.2 Å². The second-order valence-electron chi connectivity index (χ2n) is 7.06. The van der Waals surface area contributed by atoms with E-state index in [4.69, 9.17) is 11.6 Å². The topological polar surface area (TPSA) is 106 Å². The van der Waals surface area contributed by atoms with Crippen LogP contribution in [-0.2, 0) is 11.3 Å². The van der Waals surface area contributed by atoms with E-state index in [1.54, 1.807) is 12.1 Å². The standard InChI is InChI=1S/C21H13ClFN5O3S/c22-13-6-5-10(23)7-12(13)17-19-20(24-15(9-29)28(19)8-16(30)25-17)26-21(31)18-11-3-1-2-4-14(11)32-27-18/h1-7,9,17H,8H2,(H,25,30)(H,26,31). The number of hydrogen-bond acceptors (Lipinski definition) is 6. The molecule has 1 unspecified atom stereocenters. The van der Waals surface area contributed by atoms with E-state index in [1.165, 1.54) is 34.3 Å². The molecule has 2 amide bonds. The number of benzene rings is 2. The Bertz CT molecular complexity index is 1420. The number of anilines is 1. The molecule has 2 aromatic carbocycles. The molecule has 0 radical (unpaired) electrons. The third kappa shape index (κ3) is 3.33. The number of imidazole rings is 1. The summed E-state index contributed by atoms with van der Waals surface area (Å²) in [4.78, 5) is 41.2. The van der Waals surface area contributed by atoms with E-state index in [2.05, 4.69) is 20.0 Å². The van der Waals surface area contributed by atoms with Gasteiger partial charge in [-0.1, -0.05) is 29.8 Å². The van der Waals surface area contributed by atoms with Crippen LogP contribution in [0.15, 0.2) is 42.5 Å². The van der Waals surface area contributed by atoms with Crippen LogP contribution in [0, 0.1) is 5.82 Å². The first-order chi connectivity index (χ1) is 15.5. The van der Waals surface area contributed by atoms with Crippen LogP contribution in [0.25, 0.3) is 10.1 Å². The number of rotatable bonds is 4.